The maximum atomic E-state index is 12.2. The summed E-state index contributed by atoms with van der Waals surface area (Å²) in [5.41, 5.74) is 0.612. The van der Waals surface area contributed by atoms with E-state index >= 15 is 0 Å². The molecule has 1 aliphatic heterocycles. The van der Waals surface area contributed by atoms with Crippen LogP contribution >= 0.6 is 0 Å². The Hall–Kier alpha value is -2.27. The van der Waals surface area contributed by atoms with Crippen LogP contribution in [0.1, 0.15) is 23.2 Å². The van der Waals surface area contributed by atoms with Gasteiger partial charge < -0.3 is 18.8 Å². The van der Waals surface area contributed by atoms with Gasteiger partial charge in [0.1, 0.15) is 18.6 Å². The number of carbonyl (C=O) groups is 1. The van der Waals surface area contributed by atoms with Gasteiger partial charge in [-0.15, -0.1) is 0 Å². The summed E-state index contributed by atoms with van der Waals surface area (Å²) in [6.45, 7) is 2.54. The number of ether oxygens (including phenoxy) is 2. The lowest BCUT2D eigenvalue weighted by Gasteiger charge is -2.31. The zero-order valence-corrected chi connectivity index (χ0v) is 13.0. The molecule has 3 rings (SSSR count). The van der Waals surface area contributed by atoms with Gasteiger partial charge in [-0.05, 0) is 31.0 Å². The van der Waals surface area contributed by atoms with Crippen LogP contribution in [0.4, 0.5) is 0 Å². The number of hydrogen-bond donors (Lipinski definition) is 0. The Morgan fingerprint density at radius 3 is 2.61 bits per heavy atom. The van der Waals surface area contributed by atoms with Gasteiger partial charge in [0.2, 0.25) is 0 Å². The highest BCUT2D eigenvalue weighted by atomic mass is 16.5. The Balaban J connectivity index is 1.34. The average molecular weight is 315 g/mol. The highest BCUT2D eigenvalue weighted by Gasteiger charge is 2.24. The topological polar surface area (TPSA) is 51.9 Å². The molecule has 23 heavy (non-hydrogen) atoms. The van der Waals surface area contributed by atoms with E-state index in [0.717, 1.165) is 18.6 Å². The second-order valence-corrected chi connectivity index (χ2v) is 5.54. The number of nitrogens with zero attached hydrogens (tertiary/aromatic N) is 1. The van der Waals surface area contributed by atoms with Gasteiger partial charge in [0.25, 0.3) is 5.91 Å². The molecule has 1 aromatic heterocycles. The largest absolute Gasteiger partial charge is 0.491 e. The Kier molecular flexibility index (Phi) is 5.32. The van der Waals surface area contributed by atoms with Crippen LogP contribution in [0.2, 0.25) is 0 Å². The second kappa shape index (κ2) is 7.83. The van der Waals surface area contributed by atoms with Gasteiger partial charge in [-0.1, -0.05) is 18.2 Å². The summed E-state index contributed by atoms with van der Waals surface area (Å²) in [6.07, 6.45) is 4.92. The number of para-hydroxylation sites is 1. The van der Waals surface area contributed by atoms with E-state index in [4.69, 9.17) is 13.9 Å². The molecule has 1 aromatic carbocycles. The highest BCUT2D eigenvalue weighted by molar-refractivity contribution is 5.93. The van der Waals surface area contributed by atoms with Crippen molar-refractivity contribution < 1.29 is 18.7 Å². The van der Waals surface area contributed by atoms with Gasteiger partial charge in [0.15, 0.2) is 0 Å². The smallest absolute Gasteiger partial charge is 0.257 e. The predicted octanol–water partition coefficient (Wildman–Crippen LogP) is 2.98. The monoisotopic (exact) mass is 315 g/mol. The third-order valence-corrected chi connectivity index (χ3v) is 3.95. The molecule has 0 radical (unpaired) electrons. The van der Waals surface area contributed by atoms with Crippen LogP contribution in [0.3, 0.4) is 0 Å². The summed E-state index contributed by atoms with van der Waals surface area (Å²) in [7, 11) is 0. The second-order valence-electron chi connectivity index (χ2n) is 5.54. The molecule has 5 nitrogen and oxygen atoms in total. The van der Waals surface area contributed by atoms with E-state index in [9.17, 15) is 4.79 Å². The molecule has 0 bridgehead atoms. The third-order valence-electron chi connectivity index (χ3n) is 3.95. The lowest BCUT2D eigenvalue weighted by atomic mass is 10.1. The summed E-state index contributed by atoms with van der Waals surface area (Å²) in [5.74, 6) is 0.890. The molecule has 1 amide bonds. The van der Waals surface area contributed by atoms with Crippen molar-refractivity contribution in [3.63, 3.8) is 0 Å². The van der Waals surface area contributed by atoms with Gasteiger partial charge in [0, 0.05) is 13.1 Å². The molecule has 0 aliphatic carbocycles. The number of amides is 1. The van der Waals surface area contributed by atoms with E-state index in [2.05, 4.69) is 0 Å². The molecule has 0 spiro atoms. The van der Waals surface area contributed by atoms with Gasteiger partial charge in [-0.3, -0.25) is 4.79 Å². The SMILES string of the molecule is O=C(c1ccoc1)N1CCC(OCCOc2ccccc2)CC1. The maximum absolute atomic E-state index is 12.2. The van der Waals surface area contributed by atoms with Crippen molar-refractivity contribution in [2.24, 2.45) is 0 Å². The Labute approximate surface area is 135 Å². The lowest BCUT2D eigenvalue weighted by Crippen LogP contribution is -2.41. The average Bonchev–Trinajstić information content (AvgIpc) is 3.14. The van der Waals surface area contributed by atoms with Crippen LogP contribution in [-0.4, -0.2) is 43.2 Å². The molecule has 1 saturated heterocycles. The fourth-order valence-corrected chi connectivity index (χ4v) is 2.69. The van der Waals surface area contributed by atoms with Crippen LogP contribution in [0.5, 0.6) is 5.75 Å². The summed E-state index contributed by atoms with van der Waals surface area (Å²) in [5, 5.41) is 0. The zero-order valence-electron chi connectivity index (χ0n) is 13.0. The fraction of sp³-hybridized carbons (Fsp3) is 0.389. The van der Waals surface area contributed by atoms with Gasteiger partial charge in [-0.25, -0.2) is 0 Å². The van der Waals surface area contributed by atoms with E-state index < -0.39 is 0 Å². The third kappa shape index (κ3) is 4.36. The van der Waals surface area contributed by atoms with Crippen LogP contribution in [0.15, 0.2) is 53.3 Å². The number of carbonyl (C=O) groups excluding carboxylic acids is 1. The number of rotatable bonds is 6. The molecule has 1 fully saturated rings. The zero-order chi connectivity index (χ0) is 15.9. The molecule has 1 aliphatic rings. The minimum absolute atomic E-state index is 0.0320. The van der Waals surface area contributed by atoms with Crippen molar-refractivity contribution >= 4 is 5.91 Å². The lowest BCUT2D eigenvalue weighted by molar-refractivity contribution is -0.00239. The first kappa shape index (κ1) is 15.6. The summed E-state index contributed by atoms with van der Waals surface area (Å²) >= 11 is 0. The van der Waals surface area contributed by atoms with Gasteiger partial charge >= 0.3 is 0 Å². The minimum Gasteiger partial charge on any atom is -0.491 e. The molecule has 0 N–H and O–H groups in total. The number of benzene rings is 1. The standard InChI is InChI=1S/C18H21NO4/c20-18(15-8-11-21-14-15)19-9-6-17(7-10-19)23-13-12-22-16-4-2-1-3-5-16/h1-5,8,11,14,17H,6-7,9-10,12-13H2. The van der Waals surface area contributed by atoms with E-state index in [-0.39, 0.29) is 12.0 Å². The Bertz CT molecular complexity index is 589. The maximum Gasteiger partial charge on any atom is 0.257 e. The molecule has 2 heterocycles. The molecule has 5 heteroatoms. The highest BCUT2D eigenvalue weighted by Crippen LogP contribution is 2.17. The molecule has 0 atom stereocenters. The molecule has 0 unspecified atom stereocenters. The molecule has 2 aromatic rings. The first-order valence-electron chi connectivity index (χ1n) is 7.94. The number of hydrogen-bond acceptors (Lipinski definition) is 4. The predicted molar refractivity (Wildman–Crippen MR) is 85.5 cm³/mol. The van der Waals surface area contributed by atoms with Gasteiger partial charge in [-0.2, -0.15) is 0 Å². The van der Waals surface area contributed by atoms with E-state index in [1.807, 2.05) is 35.2 Å². The minimum atomic E-state index is 0.0320. The number of piperidine rings is 1. The summed E-state index contributed by atoms with van der Waals surface area (Å²) < 4.78 is 16.4. The van der Waals surface area contributed by atoms with E-state index in [1.54, 1.807) is 6.07 Å². The van der Waals surface area contributed by atoms with Crippen molar-refractivity contribution in [3.05, 3.63) is 54.5 Å². The number of likely N-dealkylation sites (tertiary alicyclic amines) is 1. The van der Waals surface area contributed by atoms with Crippen molar-refractivity contribution in [3.8, 4) is 5.75 Å². The number of furan rings is 1. The van der Waals surface area contributed by atoms with Crippen LogP contribution in [0.25, 0.3) is 0 Å². The first-order valence-corrected chi connectivity index (χ1v) is 7.94. The quantitative estimate of drug-likeness (QED) is 0.769. The Morgan fingerprint density at radius 1 is 1.13 bits per heavy atom. The van der Waals surface area contributed by atoms with Crippen molar-refractivity contribution in [2.75, 3.05) is 26.3 Å². The van der Waals surface area contributed by atoms with Crippen LogP contribution in [0, 0.1) is 0 Å². The van der Waals surface area contributed by atoms with Crippen LogP contribution < -0.4 is 4.74 Å². The molecule has 0 saturated carbocycles. The summed E-state index contributed by atoms with van der Waals surface area (Å²) in [4.78, 5) is 14.0. The van der Waals surface area contributed by atoms with E-state index in [0.29, 0.717) is 31.9 Å². The van der Waals surface area contributed by atoms with Crippen LogP contribution in [-0.2, 0) is 4.74 Å². The van der Waals surface area contributed by atoms with Gasteiger partial charge in [0.05, 0.1) is 24.5 Å². The Morgan fingerprint density at radius 2 is 1.91 bits per heavy atom. The van der Waals surface area contributed by atoms with E-state index in [1.165, 1.54) is 12.5 Å². The molecular weight excluding hydrogens is 294 g/mol. The van der Waals surface area contributed by atoms with Crippen molar-refractivity contribution in [1.29, 1.82) is 0 Å². The normalized spacial score (nSPS) is 15.6. The molecular formula is C18H21NO4. The van der Waals surface area contributed by atoms with Crippen molar-refractivity contribution in [2.45, 2.75) is 18.9 Å². The molecule has 122 valence electrons. The summed E-state index contributed by atoms with van der Waals surface area (Å²) in [6, 6.07) is 11.4. The fourth-order valence-electron chi connectivity index (χ4n) is 2.69. The first-order chi connectivity index (χ1) is 11.3. The van der Waals surface area contributed by atoms with Crippen molar-refractivity contribution in [1.82, 2.24) is 4.90 Å².